The zero-order chi connectivity index (χ0) is 12.5. The average Bonchev–Trinajstić information content (AvgIpc) is 2.81. The van der Waals surface area contributed by atoms with Crippen molar-refractivity contribution in [2.45, 2.75) is 0 Å². The van der Waals surface area contributed by atoms with Crippen LogP contribution in [0, 0.1) is 0 Å². The molecule has 0 bridgehead atoms. The van der Waals surface area contributed by atoms with Gasteiger partial charge in [-0.2, -0.15) is 4.98 Å². The van der Waals surface area contributed by atoms with Gasteiger partial charge in [-0.3, -0.25) is 0 Å². The van der Waals surface area contributed by atoms with Crippen molar-refractivity contribution in [2.24, 2.45) is 0 Å². The van der Waals surface area contributed by atoms with Gasteiger partial charge in [-0.05, 0) is 18.2 Å². The van der Waals surface area contributed by atoms with Crippen LogP contribution < -0.4 is 10.5 Å². The van der Waals surface area contributed by atoms with Crippen molar-refractivity contribution in [3.05, 3.63) is 30.3 Å². The van der Waals surface area contributed by atoms with Crippen LogP contribution in [-0.2, 0) is 0 Å². The molecule has 0 aliphatic heterocycles. The number of anilines is 1. The van der Waals surface area contributed by atoms with Crippen LogP contribution in [0.15, 0.2) is 30.3 Å². The smallest absolute Gasteiger partial charge is 0.215 e. The normalized spacial score (nSPS) is 10.7. The van der Waals surface area contributed by atoms with E-state index in [9.17, 15) is 0 Å². The number of H-pyrrole nitrogens is 1. The molecular formula is C12H11N5O. The van der Waals surface area contributed by atoms with Crippen molar-refractivity contribution < 1.29 is 4.74 Å². The van der Waals surface area contributed by atoms with Crippen molar-refractivity contribution in [1.29, 1.82) is 0 Å². The molecule has 0 aliphatic carbocycles. The number of hydrogen-bond donors (Lipinski definition) is 2. The van der Waals surface area contributed by atoms with Crippen molar-refractivity contribution >= 4 is 17.0 Å². The molecule has 0 unspecified atom stereocenters. The molecule has 0 aliphatic rings. The molecule has 0 amide bonds. The standard InChI is InChI=1S/C12H11N5O/c1-18-10-6-5-8-12(16-10)17-11(15-8)7-3-2-4-9(13)14-7/h2-6H,1H3,(H2,13,14)(H,15,16,17). The highest BCUT2D eigenvalue weighted by Crippen LogP contribution is 2.20. The first kappa shape index (κ1) is 10.5. The average molecular weight is 241 g/mol. The lowest BCUT2D eigenvalue weighted by Crippen LogP contribution is -1.92. The van der Waals surface area contributed by atoms with Gasteiger partial charge >= 0.3 is 0 Å². The van der Waals surface area contributed by atoms with Gasteiger partial charge in [0.15, 0.2) is 11.5 Å². The summed E-state index contributed by atoms with van der Waals surface area (Å²) in [6.07, 6.45) is 0. The maximum Gasteiger partial charge on any atom is 0.215 e. The van der Waals surface area contributed by atoms with Gasteiger partial charge in [-0.1, -0.05) is 6.07 Å². The molecule has 0 atom stereocenters. The number of methoxy groups -OCH3 is 1. The van der Waals surface area contributed by atoms with Crippen molar-refractivity contribution in [1.82, 2.24) is 19.9 Å². The lowest BCUT2D eigenvalue weighted by molar-refractivity contribution is 0.399. The molecule has 0 saturated heterocycles. The Morgan fingerprint density at radius 3 is 2.78 bits per heavy atom. The third-order valence-corrected chi connectivity index (χ3v) is 2.54. The number of nitrogens with one attached hydrogen (secondary N) is 1. The number of fused-ring (bicyclic) bond motifs is 1. The highest BCUT2D eigenvalue weighted by Gasteiger charge is 2.08. The van der Waals surface area contributed by atoms with Gasteiger partial charge in [0.1, 0.15) is 11.5 Å². The SMILES string of the molecule is COc1ccc2[nH]c(-c3cccc(N)n3)nc2n1. The van der Waals surface area contributed by atoms with E-state index in [0.717, 1.165) is 5.52 Å². The molecule has 6 heteroatoms. The van der Waals surface area contributed by atoms with Crippen molar-refractivity contribution in [3.63, 3.8) is 0 Å². The number of nitrogen functional groups attached to an aromatic ring is 1. The maximum absolute atomic E-state index is 5.65. The van der Waals surface area contributed by atoms with Crippen molar-refractivity contribution in [3.8, 4) is 17.4 Å². The minimum atomic E-state index is 0.457. The summed E-state index contributed by atoms with van der Waals surface area (Å²) in [5, 5.41) is 0. The summed E-state index contributed by atoms with van der Waals surface area (Å²) < 4.78 is 5.06. The monoisotopic (exact) mass is 241 g/mol. The summed E-state index contributed by atoms with van der Waals surface area (Å²) in [7, 11) is 1.57. The van der Waals surface area contributed by atoms with E-state index < -0.39 is 0 Å². The van der Waals surface area contributed by atoms with Gasteiger partial charge in [0.2, 0.25) is 5.88 Å². The number of hydrogen-bond acceptors (Lipinski definition) is 5. The van der Waals surface area contributed by atoms with Crippen LogP contribution in [0.4, 0.5) is 5.82 Å². The highest BCUT2D eigenvalue weighted by molar-refractivity contribution is 5.75. The van der Waals surface area contributed by atoms with E-state index in [-0.39, 0.29) is 0 Å². The van der Waals surface area contributed by atoms with Gasteiger partial charge in [-0.25, -0.2) is 9.97 Å². The second-order valence-electron chi connectivity index (χ2n) is 3.76. The molecular weight excluding hydrogens is 230 g/mol. The van der Waals surface area contributed by atoms with E-state index in [1.165, 1.54) is 0 Å². The predicted molar refractivity (Wildman–Crippen MR) is 68.1 cm³/mol. The molecule has 0 fully saturated rings. The molecule has 18 heavy (non-hydrogen) atoms. The van der Waals surface area contributed by atoms with Gasteiger partial charge < -0.3 is 15.5 Å². The third kappa shape index (κ3) is 1.73. The fraction of sp³-hybridized carbons (Fsp3) is 0.0833. The molecule has 0 aromatic carbocycles. The van der Waals surface area contributed by atoms with E-state index in [1.54, 1.807) is 19.2 Å². The van der Waals surface area contributed by atoms with Gasteiger partial charge in [0.25, 0.3) is 0 Å². The number of aromatic nitrogens is 4. The Kier molecular flexibility index (Phi) is 2.33. The summed E-state index contributed by atoms with van der Waals surface area (Å²) in [6, 6.07) is 9.04. The van der Waals surface area contributed by atoms with Crippen LogP contribution in [0.25, 0.3) is 22.7 Å². The molecule has 0 spiro atoms. The van der Waals surface area contributed by atoms with Crippen LogP contribution in [0.3, 0.4) is 0 Å². The third-order valence-electron chi connectivity index (χ3n) is 2.54. The topological polar surface area (TPSA) is 89.7 Å². The second kappa shape index (κ2) is 3.99. The lowest BCUT2D eigenvalue weighted by Gasteiger charge is -1.96. The molecule has 0 radical (unpaired) electrons. The molecule has 3 heterocycles. The Morgan fingerprint density at radius 2 is 2.00 bits per heavy atom. The van der Waals surface area contributed by atoms with Crippen LogP contribution in [0.1, 0.15) is 0 Å². The van der Waals surface area contributed by atoms with Crippen LogP contribution in [0.5, 0.6) is 5.88 Å². The van der Waals surface area contributed by atoms with Gasteiger partial charge in [0, 0.05) is 6.07 Å². The number of imidazole rings is 1. The van der Waals surface area contributed by atoms with E-state index in [2.05, 4.69) is 19.9 Å². The van der Waals surface area contributed by atoms with E-state index in [0.29, 0.717) is 28.9 Å². The summed E-state index contributed by atoms with van der Waals surface area (Å²) in [5.41, 5.74) is 7.75. The number of pyridine rings is 2. The minimum Gasteiger partial charge on any atom is -0.481 e. The predicted octanol–water partition coefficient (Wildman–Crippen LogP) is 1.61. The van der Waals surface area contributed by atoms with Gasteiger partial charge in [0.05, 0.1) is 12.6 Å². The minimum absolute atomic E-state index is 0.457. The van der Waals surface area contributed by atoms with Crippen LogP contribution in [-0.4, -0.2) is 27.0 Å². The Labute approximate surface area is 103 Å². The summed E-state index contributed by atoms with van der Waals surface area (Å²) in [5.74, 6) is 1.62. The number of aromatic amines is 1. The van der Waals surface area contributed by atoms with Crippen LogP contribution >= 0.6 is 0 Å². The van der Waals surface area contributed by atoms with E-state index >= 15 is 0 Å². The largest absolute Gasteiger partial charge is 0.481 e. The first-order chi connectivity index (χ1) is 8.76. The molecule has 3 rings (SSSR count). The molecule has 90 valence electrons. The first-order valence-corrected chi connectivity index (χ1v) is 5.40. The maximum atomic E-state index is 5.65. The molecule has 3 aromatic heterocycles. The molecule has 3 aromatic rings. The number of ether oxygens (including phenoxy) is 1. The fourth-order valence-corrected chi connectivity index (χ4v) is 1.69. The summed E-state index contributed by atoms with van der Waals surface area (Å²) >= 11 is 0. The quantitative estimate of drug-likeness (QED) is 0.711. The Bertz CT molecular complexity index is 707. The van der Waals surface area contributed by atoms with E-state index in [1.807, 2.05) is 18.2 Å². The molecule has 3 N–H and O–H groups in total. The zero-order valence-electron chi connectivity index (χ0n) is 9.71. The van der Waals surface area contributed by atoms with Crippen LogP contribution in [0.2, 0.25) is 0 Å². The second-order valence-corrected chi connectivity index (χ2v) is 3.76. The van der Waals surface area contributed by atoms with Gasteiger partial charge in [-0.15, -0.1) is 0 Å². The van der Waals surface area contributed by atoms with Crippen molar-refractivity contribution in [2.75, 3.05) is 12.8 Å². The molecule has 6 nitrogen and oxygen atoms in total. The number of nitrogens with two attached hydrogens (primary N) is 1. The Hall–Kier alpha value is -2.63. The zero-order valence-corrected chi connectivity index (χ0v) is 9.71. The van der Waals surface area contributed by atoms with E-state index in [4.69, 9.17) is 10.5 Å². The lowest BCUT2D eigenvalue weighted by atomic mass is 10.3. The Morgan fingerprint density at radius 1 is 1.11 bits per heavy atom. The number of rotatable bonds is 2. The fourth-order valence-electron chi connectivity index (χ4n) is 1.69. The highest BCUT2D eigenvalue weighted by atomic mass is 16.5. The first-order valence-electron chi connectivity index (χ1n) is 5.40. The Balaban J connectivity index is 2.13. The summed E-state index contributed by atoms with van der Waals surface area (Å²) in [4.78, 5) is 16.0. The molecule has 0 saturated carbocycles. The number of nitrogens with zero attached hydrogens (tertiary/aromatic N) is 3. The summed E-state index contributed by atoms with van der Waals surface area (Å²) in [6.45, 7) is 0.